The third-order valence-corrected chi connectivity index (χ3v) is 4.99. The van der Waals surface area contributed by atoms with Crippen molar-refractivity contribution in [2.45, 2.75) is 18.9 Å². The quantitative estimate of drug-likeness (QED) is 0.726. The van der Waals surface area contributed by atoms with E-state index in [1.807, 2.05) is 47.4 Å². The number of hydrogen-bond donors (Lipinski definition) is 1. The number of methoxy groups -OCH3 is 2. The molecule has 1 N–H and O–H groups in total. The fourth-order valence-electron chi connectivity index (χ4n) is 3.34. The number of amides is 1. The van der Waals surface area contributed by atoms with Crippen LogP contribution in [0.25, 0.3) is 6.08 Å². The SMILES string of the molecule is COc1ccc(N[C@H]2CCCN(C(=O)/C=C/c3cccc(Cl)c3)C2)cc1OC. The Balaban J connectivity index is 1.61. The second-order valence-electron chi connectivity index (χ2n) is 6.73. The van der Waals surface area contributed by atoms with Crippen LogP contribution in [0.2, 0.25) is 5.02 Å². The summed E-state index contributed by atoms with van der Waals surface area (Å²) in [7, 11) is 3.24. The summed E-state index contributed by atoms with van der Waals surface area (Å²) in [5, 5.41) is 4.16. The molecular weight excluding hydrogens is 376 g/mol. The smallest absolute Gasteiger partial charge is 0.246 e. The Hall–Kier alpha value is -2.66. The molecule has 1 aliphatic heterocycles. The van der Waals surface area contributed by atoms with Gasteiger partial charge in [0.15, 0.2) is 11.5 Å². The van der Waals surface area contributed by atoms with Gasteiger partial charge >= 0.3 is 0 Å². The number of likely N-dealkylation sites (tertiary alicyclic amines) is 1. The van der Waals surface area contributed by atoms with Crippen LogP contribution in [0.4, 0.5) is 5.69 Å². The molecule has 1 aliphatic rings. The molecule has 5 nitrogen and oxygen atoms in total. The molecular formula is C22H25ClN2O3. The summed E-state index contributed by atoms with van der Waals surface area (Å²) < 4.78 is 10.6. The number of piperidine rings is 1. The lowest BCUT2D eigenvalue weighted by atomic mass is 10.0. The molecule has 1 fully saturated rings. The molecule has 0 aliphatic carbocycles. The van der Waals surface area contributed by atoms with Crippen LogP contribution in [-0.4, -0.2) is 44.2 Å². The van der Waals surface area contributed by atoms with E-state index in [2.05, 4.69) is 5.32 Å². The number of benzene rings is 2. The number of hydrogen-bond acceptors (Lipinski definition) is 4. The van der Waals surface area contributed by atoms with E-state index < -0.39 is 0 Å². The van der Waals surface area contributed by atoms with E-state index in [0.717, 1.165) is 30.6 Å². The summed E-state index contributed by atoms with van der Waals surface area (Å²) >= 11 is 5.99. The predicted molar refractivity (Wildman–Crippen MR) is 113 cm³/mol. The minimum Gasteiger partial charge on any atom is -0.493 e. The molecule has 6 heteroatoms. The number of nitrogens with one attached hydrogen (secondary N) is 1. The molecule has 1 atom stereocenters. The van der Waals surface area contributed by atoms with Gasteiger partial charge in [0.1, 0.15) is 0 Å². The van der Waals surface area contributed by atoms with Crippen molar-refractivity contribution in [1.82, 2.24) is 4.90 Å². The normalized spacial score (nSPS) is 16.8. The zero-order chi connectivity index (χ0) is 19.9. The first-order valence-electron chi connectivity index (χ1n) is 9.30. The maximum absolute atomic E-state index is 12.6. The Kier molecular flexibility index (Phi) is 6.82. The van der Waals surface area contributed by atoms with Crippen LogP contribution in [0, 0.1) is 0 Å². The van der Waals surface area contributed by atoms with Gasteiger partial charge in [-0.3, -0.25) is 4.79 Å². The van der Waals surface area contributed by atoms with Crippen LogP contribution in [0.15, 0.2) is 48.5 Å². The van der Waals surface area contributed by atoms with E-state index in [-0.39, 0.29) is 11.9 Å². The third kappa shape index (κ3) is 5.20. The average molecular weight is 401 g/mol. The molecule has 2 aromatic rings. The van der Waals surface area contributed by atoms with E-state index in [1.165, 1.54) is 0 Å². The maximum Gasteiger partial charge on any atom is 0.246 e. The van der Waals surface area contributed by atoms with E-state index in [9.17, 15) is 4.79 Å². The highest BCUT2D eigenvalue weighted by Gasteiger charge is 2.22. The molecule has 0 bridgehead atoms. The van der Waals surface area contributed by atoms with Gasteiger partial charge in [-0.25, -0.2) is 0 Å². The second kappa shape index (κ2) is 9.51. The molecule has 28 heavy (non-hydrogen) atoms. The first-order valence-corrected chi connectivity index (χ1v) is 9.68. The summed E-state index contributed by atoms with van der Waals surface area (Å²) in [6, 6.07) is 13.4. The van der Waals surface area contributed by atoms with E-state index in [4.69, 9.17) is 21.1 Å². The van der Waals surface area contributed by atoms with Crippen molar-refractivity contribution in [3.63, 3.8) is 0 Å². The molecule has 2 aromatic carbocycles. The number of halogens is 1. The zero-order valence-corrected chi connectivity index (χ0v) is 16.9. The Bertz CT molecular complexity index is 853. The molecule has 1 heterocycles. The van der Waals surface area contributed by atoms with Gasteiger partial charge in [-0.2, -0.15) is 0 Å². The van der Waals surface area contributed by atoms with E-state index >= 15 is 0 Å². The fourth-order valence-corrected chi connectivity index (χ4v) is 3.54. The fraction of sp³-hybridized carbons (Fsp3) is 0.318. The molecule has 1 amide bonds. The monoisotopic (exact) mass is 400 g/mol. The van der Waals surface area contributed by atoms with Crippen LogP contribution in [0.1, 0.15) is 18.4 Å². The molecule has 0 unspecified atom stereocenters. The van der Waals surface area contributed by atoms with Gasteiger partial charge in [0.25, 0.3) is 0 Å². The third-order valence-electron chi connectivity index (χ3n) is 4.75. The maximum atomic E-state index is 12.6. The minimum absolute atomic E-state index is 0.0128. The summed E-state index contributed by atoms with van der Waals surface area (Å²) in [4.78, 5) is 14.5. The van der Waals surface area contributed by atoms with Crippen molar-refractivity contribution in [3.8, 4) is 11.5 Å². The second-order valence-corrected chi connectivity index (χ2v) is 7.16. The zero-order valence-electron chi connectivity index (χ0n) is 16.2. The molecule has 0 aromatic heterocycles. The van der Waals surface area contributed by atoms with Crippen molar-refractivity contribution in [3.05, 3.63) is 59.1 Å². The Morgan fingerprint density at radius 2 is 2.00 bits per heavy atom. The summed E-state index contributed by atoms with van der Waals surface area (Å²) in [5.41, 5.74) is 1.87. The van der Waals surface area contributed by atoms with Crippen LogP contribution in [0.5, 0.6) is 11.5 Å². The van der Waals surface area contributed by atoms with Gasteiger partial charge in [-0.15, -0.1) is 0 Å². The first kappa shape index (κ1) is 20.1. The lowest BCUT2D eigenvalue weighted by Gasteiger charge is -2.33. The lowest BCUT2D eigenvalue weighted by Crippen LogP contribution is -2.44. The van der Waals surface area contributed by atoms with Crippen LogP contribution >= 0.6 is 11.6 Å². The Morgan fingerprint density at radius 1 is 1.18 bits per heavy atom. The van der Waals surface area contributed by atoms with Crippen molar-refractivity contribution in [1.29, 1.82) is 0 Å². The Morgan fingerprint density at radius 3 is 2.75 bits per heavy atom. The van der Waals surface area contributed by atoms with Crippen molar-refractivity contribution in [2.24, 2.45) is 0 Å². The number of anilines is 1. The van der Waals surface area contributed by atoms with Crippen LogP contribution in [0.3, 0.4) is 0 Å². The highest BCUT2D eigenvalue weighted by atomic mass is 35.5. The standard InChI is InChI=1S/C22H25ClN2O3/c1-27-20-10-9-18(14-21(20)28-2)24-19-7-4-12-25(15-19)22(26)11-8-16-5-3-6-17(23)13-16/h3,5-6,8-11,13-14,19,24H,4,7,12,15H2,1-2H3/b11-8+/t19-/m0/s1. The van der Waals surface area contributed by atoms with Crippen LogP contribution in [-0.2, 0) is 4.79 Å². The topological polar surface area (TPSA) is 50.8 Å². The van der Waals surface area contributed by atoms with Gasteiger partial charge in [0.05, 0.1) is 14.2 Å². The van der Waals surface area contributed by atoms with Gasteiger partial charge < -0.3 is 19.7 Å². The first-order chi connectivity index (χ1) is 13.6. The van der Waals surface area contributed by atoms with Gasteiger partial charge in [-0.1, -0.05) is 23.7 Å². The molecule has 148 valence electrons. The molecule has 0 spiro atoms. The number of nitrogens with zero attached hydrogens (tertiary/aromatic N) is 1. The van der Waals surface area contributed by atoms with Crippen molar-refractivity contribution < 1.29 is 14.3 Å². The minimum atomic E-state index is 0.0128. The average Bonchev–Trinajstić information content (AvgIpc) is 2.72. The summed E-state index contributed by atoms with van der Waals surface area (Å²) in [6.07, 6.45) is 5.39. The van der Waals surface area contributed by atoms with Gasteiger partial charge in [-0.05, 0) is 48.7 Å². The van der Waals surface area contributed by atoms with Crippen molar-refractivity contribution in [2.75, 3.05) is 32.6 Å². The number of carbonyl (C=O) groups is 1. The lowest BCUT2D eigenvalue weighted by molar-refractivity contribution is -0.126. The molecule has 0 radical (unpaired) electrons. The van der Waals surface area contributed by atoms with Crippen molar-refractivity contribution >= 4 is 29.3 Å². The van der Waals surface area contributed by atoms with Gasteiger partial charge in [0.2, 0.25) is 5.91 Å². The highest BCUT2D eigenvalue weighted by molar-refractivity contribution is 6.30. The molecule has 1 saturated heterocycles. The predicted octanol–water partition coefficient (Wildman–Crippen LogP) is 4.47. The largest absolute Gasteiger partial charge is 0.493 e. The molecule has 3 rings (SSSR count). The number of carbonyl (C=O) groups excluding carboxylic acids is 1. The van der Waals surface area contributed by atoms with E-state index in [1.54, 1.807) is 26.4 Å². The molecule has 0 saturated carbocycles. The Labute approximate surface area is 170 Å². The summed E-state index contributed by atoms with van der Waals surface area (Å²) in [5.74, 6) is 1.39. The highest BCUT2D eigenvalue weighted by Crippen LogP contribution is 2.30. The number of rotatable bonds is 6. The van der Waals surface area contributed by atoms with Gasteiger partial charge in [0, 0.05) is 42.0 Å². The number of ether oxygens (including phenoxy) is 2. The van der Waals surface area contributed by atoms with Crippen LogP contribution < -0.4 is 14.8 Å². The van der Waals surface area contributed by atoms with E-state index in [0.29, 0.717) is 23.1 Å². The summed E-state index contributed by atoms with van der Waals surface area (Å²) in [6.45, 7) is 1.43.